The Morgan fingerprint density at radius 1 is 1.20 bits per heavy atom. The fourth-order valence-electron chi connectivity index (χ4n) is 2.33. The number of carbonyl (C=O) groups excluding carboxylic acids is 1. The molecule has 0 aromatic carbocycles. The van der Waals surface area contributed by atoms with Gasteiger partial charge in [-0.1, -0.05) is 27.7 Å². The molecule has 1 aliphatic heterocycles. The summed E-state index contributed by atoms with van der Waals surface area (Å²) >= 11 is 3.44. The normalized spacial score (nSPS) is 14.5. The van der Waals surface area contributed by atoms with Gasteiger partial charge >= 0.3 is 6.09 Å². The number of rotatable bonds is 2. The van der Waals surface area contributed by atoms with E-state index in [0.717, 1.165) is 36.1 Å². The molecule has 0 spiro atoms. The minimum atomic E-state index is -0.452. The second-order valence-electron chi connectivity index (χ2n) is 6.27. The molecule has 1 aromatic rings. The van der Waals surface area contributed by atoms with Crippen LogP contribution < -0.4 is 10.2 Å². The lowest BCUT2D eigenvalue weighted by Gasteiger charge is -2.34. The van der Waals surface area contributed by atoms with E-state index in [2.05, 4.69) is 37.2 Å². The number of ether oxygens (including phenoxy) is 1. The molecule has 0 unspecified atom stereocenters. The molecule has 2 heterocycles. The first kappa shape index (κ1) is 23.7. The van der Waals surface area contributed by atoms with Crippen molar-refractivity contribution in [2.75, 3.05) is 18.0 Å². The van der Waals surface area contributed by atoms with E-state index in [-0.39, 0.29) is 12.1 Å². The van der Waals surface area contributed by atoms with Crippen molar-refractivity contribution in [1.82, 2.24) is 10.3 Å². The van der Waals surface area contributed by atoms with Gasteiger partial charge in [0, 0.05) is 29.8 Å². The van der Waals surface area contributed by atoms with Crippen LogP contribution in [0.3, 0.4) is 0 Å². The Labute approximate surface area is 161 Å². The van der Waals surface area contributed by atoms with E-state index < -0.39 is 5.60 Å². The first-order chi connectivity index (χ1) is 11.8. The third-order valence-electron chi connectivity index (χ3n) is 3.27. The fourth-order valence-corrected chi connectivity index (χ4v) is 2.68. The summed E-state index contributed by atoms with van der Waals surface area (Å²) < 4.78 is 6.27. The summed E-state index contributed by atoms with van der Waals surface area (Å²) in [7, 11) is 0. The van der Waals surface area contributed by atoms with E-state index in [1.807, 2.05) is 54.7 Å². The third kappa shape index (κ3) is 9.68. The Balaban J connectivity index is 0.00000134. The van der Waals surface area contributed by atoms with Gasteiger partial charge in [0.25, 0.3) is 0 Å². The molecule has 0 aliphatic carbocycles. The number of hydrogen-bond donors (Lipinski definition) is 1. The van der Waals surface area contributed by atoms with E-state index in [1.165, 1.54) is 0 Å². The quantitative estimate of drug-likeness (QED) is 0.702. The highest BCUT2D eigenvalue weighted by atomic mass is 79.9. The predicted molar refractivity (Wildman–Crippen MR) is 109 cm³/mol. The molecule has 0 radical (unpaired) electrons. The van der Waals surface area contributed by atoms with Crippen LogP contribution in [0.25, 0.3) is 0 Å². The molecule has 1 aliphatic rings. The summed E-state index contributed by atoms with van der Waals surface area (Å²) in [4.78, 5) is 18.2. The maximum atomic E-state index is 11.8. The van der Waals surface area contributed by atoms with Gasteiger partial charge in [-0.15, -0.1) is 0 Å². The molecule has 1 fully saturated rings. The highest BCUT2D eigenvalue weighted by molar-refractivity contribution is 9.10. The number of hydrogen-bond acceptors (Lipinski definition) is 4. The number of pyridine rings is 1. The van der Waals surface area contributed by atoms with Crippen LogP contribution in [0.4, 0.5) is 10.5 Å². The second-order valence-corrected chi connectivity index (χ2v) is 7.18. The summed E-state index contributed by atoms with van der Waals surface area (Å²) in [6.45, 7) is 15.4. The highest BCUT2D eigenvalue weighted by Gasteiger charge is 2.23. The van der Waals surface area contributed by atoms with E-state index >= 15 is 0 Å². The summed E-state index contributed by atoms with van der Waals surface area (Å²) in [6.07, 6.45) is 5.13. The molecular formula is C19H34BrN3O2. The standard InChI is InChI=1S/C15H22BrN3O2.2C2H6/c1-15(2,3)21-14(20)18-12-4-6-19(7-5-12)13-8-11(16)9-17-10-13;2*1-2/h8-10,12H,4-7H2,1-3H3,(H,18,20);2*1-2H3. The number of halogens is 1. The van der Waals surface area contributed by atoms with Crippen LogP contribution in [0.1, 0.15) is 61.3 Å². The lowest BCUT2D eigenvalue weighted by Crippen LogP contribution is -2.46. The zero-order valence-corrected chi connectivity index (χ0v) is 18.3. The van der Waals surface area contributed by atoms with Crippen molar-refractivity contribution >= 4 is 27.7 Å². The Bertz CT molecular complexity index is 496. The van der Waals surface area contributed by atoms with Crippen LogP contribution in [-0.4, -0.2) is 35.8 Å². The van der Waals surface area contributed by atoms with Gasteiger partial charge in [0.2, 0.25) is 0 Å². The van der Waals surface area contributed by atoms with Gasteiger partial charge in [0.15, 0.2) is 0 Å². The van der Waals surface area contributed by atoms with Gasteiger partial charge in [-0.2, -0.15) is 0 Å². The van der Waals surface area contributed by atoms with Gasteiger partial charge < -0.3 is 15.0 Å². The Hall–Kier alpha value is -1.30. The molecule has 1 amide bonds. The molecule has 1 aromatic heterocycles. The lowest BCUT2D eigenvalue weighted by molar-refractivity contribution is 0.0497. The maximum Gasteiger partial charge on any atom is 0.407 e. The highest BCUT2D eigenvalue weighted by Crippen LogP contribution is 2.22. The number of aromatic nitrogens is 1. The first-order valence-electron chi connectivity index (χ1n) is 9.18. The van der Waals surface area contributed by atoms with Crippen molar-refractivity contribution in [2.45, 2.75) is 73.0 Å². The molecule has 25 heavy (non-hydrogen) atoms. The van der Waals surface area contributed by atoms with Crippen molar-refractivity contribution in [3.8, 4) is 0 Å². The number of anilines is 1. The number of amides is 1. The molecule has 5 nitrogen and oxygen atoms in total. The third-order valence-corrected chi connectivity index (χ3v) is 3.71. The van der Waals surface area contributed by atoms with Crippen molar-refractivity contribution in [2.24, 2.45) is 0 Å². The molecule has 6 heteroatoms. The van der Waals surface area contributed by atoms with Gasteiger partial charge in [-0.05, 0) is 55.6 Å². The zero-order valence-electron chi connectivity index (χ0n) is 16.7. The second kappa shape index (κ2) is 12.1. The minimum absolute atomic E-state index is 0.177. The number of carbonyl (C=O) groups is 1. The smallest absolute Gasteiger partial charge is 0.407 e. The summed E-state index contributed by atoms with van der Waals surface area (Å²) in [5, 5.41) is 2.95. The van der Waals surface area contributed by atoms with Crippen LogP contribution in [0.5, 0.6) is 0 Å². The monoisotopic (exact) mass is 415 g/mol. The van der Waals surface area contributed by atoms with Crippen LogP contribution >= 0.6 is 15.9 Å². The zero-order chi connectivity index (χ0) is 19.5. The molecule has 0 atom stereocenters. The van der Waals surface area contributed by atoms with Crippen LogP contribution in [0.2, 0.25) is 0 Å². The molecule has 144 valence electrons. The first-order valence-corrected chi connectivity index (χ1v) is 9.98. The van der Waals surface area contributed by atoms with Gasteiger partial charge in [-0.25, -0.2) is 4.79 Å². The van der Waals surface area contributed by atoms with E-state index in [0.29, 0.717) is 0 Å². The molecular weight excluding hydrogens is 382 g/mol. The maximum absolute atomic E-state index is 11.8. The van der Waals surface area contributed by atoms with Crippen molar-refractivity contribution in [1.29, 1.82) is 0 Å². The summed E-state index contributed by atoms with van der Waals surface area (Å²) in [5.41, 5.74) is 0.660. The minimum Gasteiger partial charge on any atom is -0.444 e. The van der Waals surface area contributed by atoms with Crippen molar-refractivity contribution < 1.29 is 9.53 Å². The predicted octanol–water partition coefficient (Wildman–Crippen LogP) is 5.39. The number of nitrogens with one attached hydrogen (secondary N) is 1. The van der Waals surface area contributed by atoms with E-state index in [1.54, 1.807) is 6.20 Å². The number of alkyl carbamates (subject to hydrolysis) is 1. The summed E-state index contributed by atoms with van der Waals surface area (Å²) in [6, 6.07) is 2.24. The lowest BCUT2D eigenvalue weighted by atomic mass is 10.0. The van der Waals surface area contributed by atoms with Crippen LogP contribution in [-0.2, 0) is 4.74 Å². The van der Waals surface area contributed by atoms with Crippen molar-refractivity contribution in [3.63, 3.8) is 0 Å². The molecule has 0 bridgehead atoms. The molecule has 1 saturated heterocycles. The Kier molecular flexibility index (Phi) is 11.5. The average molecular weight is 416 g/mol. The van der Waals surface area contributed by atoms with Crippen LogP contribution in [0.15, 0.2) is 22.9 Å². The number of nitrogens with zero attached hydrogens (tertiary/aromatic N) is 2. The van der Waals surface area contributed by atoms with Crippen molar-refractivity contribution in [3.05, 3.63) is 22.9 Å². The molecule has 0 saturated carbocycles. The Morgan fingerprint density at radius 2 is 1.76 bits per heavy atom. The number of piperidine rings is 1. The van der Waals surface area contributed by atoms with Gasteiger partial charge in [0.05, 0.1) is 11.9 Å². The van der Waals surface area contributed by atoms with E-state index in [4.69, 9.17) is 4.74 Å². The summed E-state index contributed by atoms with van der Waals surface area (Å²) in [5.74, 6) is 0. The fraction of sp³-hybridized carbons (Fsp3) is 0.684. The van der Waals surface area contributed by atoms with Crippen LogP contribution in [0, 0.1) is 0 Å². The average Bonchev–Trinajstić information content (AvgIpc) is 2.57. The topological polar surface area (TPSA) is 54.5 Å². The Morgan fingerprint density at radius 3 is 2.24 bits per heavy atom. The SMILES string of the molecule is CC.CC.CC(C)(C)OC(=O)NC1CCN(c2cncc(Br)c2)CC1. The van der Waals surface area contributed by atoms with Gasteiger partial charge in [0.1, 0.15) is 5.60 Å². The largest absolute Gasteiger partial charge is 0.444 e. The van der Waals surface area contributed by atoms with E-state index in [9.17, 15) is 4.79 Å². The van der Waals surface area contributed by atoms with Gasteiger partial charge in [-0.3, -0.25) is 4.98 Å². The molecule has 1 N–H and O–H groups in total. The molecule has 2 rings (SSSR count).